The Hall–Kier alpha value is -1.97. The van der Waals surface area contributed by atoms with Crippen molar-refractivity contribution in [1.29, 1.82) is 0 Å². The Bertz CT molecular complexity index is 408. The Kier molecular flexibility index (Phi) is 3.74. The lowest BCUT2D eigenvalue weighted by molar-refractivity contribution is -0.132. The van der Waals surface area contributed by atoms with E-state index in [-0.39, 0.29) is 5.57 Å². The topological polar surface area (TPSA) is 62.5 Å². The number of hydrogen-bond donors (Lipinski definition) is 1. The van der Waals surface area contributed by atoms with Gasteiger partial charge in [0.05, 0.1) is 5.57 Å². The lowest BCUT2D eigenvalue weighted by atomic mass is 10.2. The minimum atomic E-state index is -0.960. The van der Waals surface area contributed by atoms with Crippen LogP contribution in [-0.2, 0) is 4.79 Å². The molecule has 4 heteroatoms. The summed E-state index contributed by atoms with van der Waals surface area (Å²) in [5.41, 5.74) is 1.83. The van der Waals surface area contributed by atoms with Crippen molar-refractivity contribution in [2.45, 2.75) is 13.8 Å². The van der Waals surface area contributed by atoms with E-state index in [1.54, 1.807) is 12.4 Å². The molecule has 0 bridgehead atoms. The van der Waals surface area contributed by atoms with Crippen LogP contribution in [0.1, 0.15) is 19.4 Å². The molecular weight excluding hydrogens is 192 g/mol. The summed E-state index contributed by atoms with van der Waals surface area (Å²) >= 11 is 0. The van der Waals surface area contributed by atoms with Gasteiger partial charge in [-0.1, -0.05) is 6.07 Å². The molecule has 0 aliphatic heterocycles. The van der Waals surface area contributed by atoms with Crippen LogP contribution in [0.25, 0.3) is 0 Å². The molecule has 0 aliphatic carbocycles. The third-order valence-electron chi connectivity index (χ3n) is 1.87. The van der Waals surface area contributed by atoms with Crippen molar-refractivity contribution < 1.29 is 9.90 Å². The van der Waals surface area contributed by atoms with E-state index in [0.717, 1.165) is 11.3 Å². The summed E-state index contributed by atoms with van der Waals surface area (Å²) in [6, 6.07) is 3.68. The van der Waals surface area contributed by atoms with Gasteiger partial charge in [-0.25, -0.2) is 4.79 Å². The van der Waals surface area contributed by atoms with Gasteiger partial charge < -0.3 is 5.11 Å². The molecule has 1 rings (SSSR count). The van der Waals surface area contributed by atoms with Crippen molar-refractivity contribution in [3.8, 4) is 0 Å². The Balaban J connectivity index is 2.86. The van der Waals surface area contributed by atoms with Crippen molar-refractivity contribution in [3.05, 3.63) is 41.9 Å². The van der Waals surface area contributed by atoms with Crippen LogP contribution in [0.3, 0.4) is 0 Å². The molecule has 0 fully saturated rings. The molecule has 15 heavy (non-hydrogen) atoms. The predicted octanol–water partition coefficient (Wildman–Crippen LogP) is 1.88. The zero-order chi connectivity index (χ0) is 11.3. The molecule has 1 aromatic rings. The molecule has 0 saturated heterocycles. The molecule has 0 amide bonds. The fourth-order valence-corrected chi connectivity index (χ4v) is 0.900. The van der Waals surface area contributed by atoms with Crippen LogP contribution in [0.2, 0.25) is 0 Å². The summed E-state index contributed by atoms with van der Waals surface area (Å²) in [5.74, 6) is -0.960. The predicted molar refractivity (Wildman–Crippen MR) is 57.8 cm³/mol. The molecule has 0 spiro atoms. The Morgan fingerprint density at radius 1 is 1.53 bits per heavy atom. The number of rotatable bonds is 3. The maximum atomic E-state index is 10.5. The highest BCUT2D eigenvalue weighted by Crippen LogP contribution is 2.00. The van der Waals surface area contributed by atoms with Gasteiger partial charge in [0, 0.05) is 29.9 Å². The van der Waals surface area contributed by atoms with Gasteiger partial charge in [-0.2, -0.15) is 0 Å². The van der Waals surface area contributed by atoms with Crippen LogP contribution in [0.4, 0.5) is 0 Å². The van der Waals surface area contributed by atoms with Gasteiger partial charge in [0.2, 0.25) is 0 Å². The standard InChI is InChI=1S/C11H12N2O2/c1-8(11(14)15)6-13-9(2)10-4-3-5-12-7-10/h3-7H,1-2H3,(H,14,15)/b8-6+,13-9?. The smallest absolute Gasteiger partial charge is 0.332 e. The maximum Gasteiger partial charge on any atom is 0.332 e. The number of carbonyl (C=O) groups is 1. The van der Waals surface area contributed by atoms with Crippen molar-refractivity contribution in [2.24, 2.45) is 4.99 Å². The molecule has 0 aliphatic rings. The van der Waals surface area contributed by atoms with E-state index in [1.165, 1.54) is 13.1 Å². The van der Waals surface area contributed by atoms with Crippen LogP contribution in [0, 0.1) is 0 Å². The van der Waals surface area contributed by atoms with E-state index >= 15 is 0 Å². The third kappa shape index (κ3) is 3.34. The average molecular weight is 204 g/mol. The van der Waals surface area contributed by atoms with Gasteiger partial charge in [-0.15, -0.1) is 0 Å². The van der Waals surface area contributed by atoms with E-state index in [4.69, 9.17) is 5.11 Å². The van der Waals surface area contributed by atoms with Crippen molar-refractivity contribution in [1.82, 2.24) is 4.98 Å². The van der Waals surface area contributed by atoms with Gasteiger partial charge in [0.1, 0.15) is 0 Å². The molecule has 78 valence electrons. The monoisotopic (exact) mass is 204 g/mol. The van der Waals surface area contributed by atoms with E-state index in [1.807, 2.05) is 19.1 Å². The third-order valence-corrected chi connectivity index (χ3v) is 1.87. The van der Waals surface area contributed by atoms with Crippen molar-refractivity contribution in [3.63, 3.8) is 0 Å². The SMILES string of the molecule is CC(=N/C=C(\C)C(=O)O)c1cccnc1. The fourth-order valence-electron chi connectivity index (χ4n) is 0.900. The molecule has 0 radical (unpaired) electrons. The maximum absolute atomic E-state index is 10.5. The van der Waals surface area contributed by atoms with Gasteiger partial charge in [-0.3, -0.25) is 9.98 Å². The number of aliphatic imine (C=N–C) groups is 1. The second-order valence-electron chi connectivity index (χ2n) is 3.07. The number of pyridine rings is 1. The normalized spacial score (nSPS) is 12.7. The van der Waals surface area contributed by atoms with E-state index in [0.29, 0.717) is 0 Å². The molecule has 0 aromatic carbocycles. The van der Waals surface area contributed by atoms with Gasteiger partial charge in [-0.05, 0) is 19.9 Å². The van der Waals surface area contributed by atoms with E-state index in [2.05, 4.69) is 9.98 Å². The second kappa shape index (κ2) is 5.05. The summed E-state index contributed by atoms with van der Waals surface area (Å²) in [6.45, 7) is 3.31. The number of aromatic nitrogens is 1. The summed E-state index contributed by atoms with van der Waals surface area (Å²) in [5, 5.41) is 8.62. The largest absolute Gasteiger partial charge is 0.478 e. The Morgan fingerprint density at radius 2 is 2.27 bits per heavy atom. The molecule has 0 saturated carbocycles. The quantitative estimate of drug-likeness (QED) is 0.604. The van der Waals surface area contributed by atoms with E-state index in [9.17, 15) is 4.79 Å². The van der Waals surface area contributed by atoms with Gasteiger partial charge in [0.15, 0.2) is 0 Å². The number of carboxylic acids is 1. The first-order valence-corrected chi connectivity index (χ1v) is 4.46. The molecule has 1 N–H and O–H groups in total. The van der Waals surface area contributed by atoms with Crippen molar-refractivity contribution in [2.75, 3.05) is 0 Å². The number of nitrogens with zero attached hydrogens (tertiary/aromatic N) is 2. The summed E-state index contributed by atoms with van der Waals surface area (Å²) in [4.78, 5) is 18.5. The first-order valence-electron chi connectivity index (χ1n) is 4.46. The Labute approximate surface area is 88.0 Å². The number of hydrogen-bond acceptors (Lipinski definition) is 3. The zero-order valence-electron chi connectivity index (χ0n) is 8.64. The second-order valence-corrected chi connectivity index (χ2v) is 3.07. The minimum absolute atomic E-state index is 0.207. The molecule has 1 heterocycles. The highest BCUT2D eigenvalue weighted by molar-refractivity contribution is 5.99. The molecule has 0 atom stereocenters. The number of carboxylic acid groups (broad SMARTS) is 1. The zero-order valence-corrected chi connectivity index (χ0v) is 8.64. The van der Waals surface area contributed by atoms with Crippen molar-refractivity contribution >= 4 is 11.7 Å². The molecular formula is C11H12N2O2. The molecule has 4 nitrogen and oxygen atoms in total. The molecule has 0 unspecified atom stereocenters. The van der Waals surface area contributed by atoms with Crippen LogP contribution in [-0.4, -0.2) is 21.8 Å². The first-order chi connectivity index (χ1) is 7.11. The highest BCUT2D eigenvalue weighted by Gasteiger charge is 1.99. The average Bonchev–Trinajstić information content (AvgIpc) is 2.26. The van der Waals surface area contributed by atoms with E-state index < -0.39 is 5.97 Å². The summed E-state index contributed by atoms with van der Waals surface area (Å²) in [6.07, 6.45) is 4.70. The lowest BCUT2D eigenvalue weighted by Gasteiger charge is -1.97. The Morgan fingerprint density at radius 3 is 2.80 bits per heavy atom. The van der Waals surface area contributed by atoms with Crippen LogP contribution < -0.4 is 0 Å². The van der Waals surface area contributed by atoms with Crippen LogP contribution in [0.5, 0.6) is 0 Å². The minimum Gasteiger partial charge on any atom is -0.478 e. The number of aliphatic carboxylic acids is 1. The summed E-state index contributed by atoms with van der Waals surface area (Å²) in [7, 11) is 0. The van der Waals surface area contributed by atoms with Crippen LogP contribution >= 0.6 is 0 Å². The first kappa shape index (κ1) is 11.1. The fraction of sp³-hybridized carbons (Fsp3) is 0.182. The lowest BCUT2D eigenvalue weighted by Crippen LogP contribution is -1.97. The summed E-state index contributed by atoms with van der Waals surface area (Å²) < 4.78 is 0. The van der Waals surface area contributed by atoms with Gasteiger partial charge >= 0.3 is 5.97 Å². The van der Waals surface area contributed by atoms with Gasteiger partial charge in [0.25, 0.3) is 0 Å². The van der Waals surface area contributed by atoms with Crippen LogP contribution in [0.15, 0.2) is 41.3 Å². The highest BCUT2D eigenvalue weighted by atomic mass is 16.4. The molecule has 1 aromatic heterocycles.